The zero-order chi connectivity index (χ0) is 18.7. The van der Waals surface area contributed by atoms with Gasteiger partial charge in [-0.05, 0) is 49.1 Å². The number of aromatic nitrogens is 2. The molecule has 1 atom stereocenters. The Hall–Kier alpha value is -2.82. The Morgan fingerprint density at radius 1 is 1.19 bits per heavy atom. The number of nitrogens with zero attached hydrogens (tertiary/aromatic N) is 1. The Kier molecular flexibility index (Phi) is 5.26. The number of aryl methyl sites for hydroxylation is 2. The van der Waals surface area contributed by atoms with E-state index in [0.717, 1.165) is 33.7 Å². The minimum absolute atomic E-state index is 0.0201. The third-order valence-electron chi connectivity index (χ3n) is 4.39. The highest BCUT2D eigenvalue weighted by Gasteiger charge is 2.22. The minimum atomic E-state index is -0.197. The number of ether oxygens (including phenoxy) is 1. The number of carbonyl (C=O) groups is 1. The fraction of sp³-hybridized carbons (Fsp3) is 0.333. The van der Waals surface area contributed by atoms with Gasteiger partial charge in [0.2, 0.25) is 0 Å². The fourth-order valence-electron chi connectivity index (χ4n) is 2.89. The second kappa shape index (κ2) is 7.60. The Balaban J connectivity index is 1.69. The molecule has 1 aromatic heterocycles. The monoisotopic (exact) mass is 351 g/mol. The normalized spacial score (nSPS) is 12.3. The lowest BCUT2D eigenvalue weighted by atomic mass is 10.0. The zero-order valence-corrected chi connectivity index (χ0v) is 15.7. The van der Waals surface area contributed by atoms with Crippen LogP contribution >= 0.6 is 0 Å². The molecule has 0 bridgehead atoms. The van der Waals surface area contributed by atoms with Gasteiger partial charge >= 0.3 is 0 Å². The summed E-state index contributed by atoms with van der Waals surface area (Å²) in [6, 6.07) is 13.6. The van der Waals surface area contributed by atoms with Crippen LogP contribution in [0.5, 0.6) is 5.75 Å². The van der Waals surface area contributed by atoms with Gasteiger partial charge in [0.1, 0.15) is 11.6 Å². The molecule has 26 heavy (non-hydrogen) atoms. The highest BCUT2D eigenvalue weighted by atomic mass is 16.5. The molecule has 0 saturated carbocycles. The number of hydrogen-bond acceptors (Lipinski definition) is 3. The average Bonchev–Trinajstić information content (AvgIpc) is 3.03. The number of benzene rings is 2. The first-order valence-corrected chi connectivity index (χ1v) is 8.88. The molecule has 5 heteroatoms. The van der Waals surface area contributed by atoms with Gasteiger partial charge in [-0.15, -0.1) is 0 Å². The first-order chi connectivity index (χ1) is 12.4. The lowest BCUT2D eigenvalue weighted by Gasteiger charge is -2.20. The van der Waals surface area contributed by atoms with Gasteiger partial charge in [-0.3, -0.25) is 4.79 Å². The van der Waals surface area contributed by atoms with Crippen LogP contribution in [0.3, 0.4) is 0 Å². The summed E-state index contributed by atoms with van der Waals surface area (Å²) in [4.78, 5) is 20.4. The van der Waals surface area contributed by atoms with E-state index in [-0.39, 0.29) is 24.5 Å². The smallest absolute Gasteiger partial charge is 0.258 e. The molecule has 0 radical (unpaired) electrons. The zero-order valence-electron chi connectivity index (χ0n) is 15.7. The Labute approximate surface area is 153 Å². The maximum Gasteiger partial charge on any atom is 0.258 e. The van der Waals surface area contributed by atoms with Crippen LogP contribution < -0.4 is 10.1 Å². The molecule has 0 aliphatic carbocycles. The molecule has 0 spiro atoms. The van der Waals surface area contributed by atoms with Gasteiger partial charge in [0.05, 0.1) is 17.1 Å². The topological polar surface area (TPSA) is 67.0 Å². The number of aromatic amines is 1. The molecule has 0 fully saturated rings. The van der Waals surface area contributed by atoms with Gasteiger partial charge in [-0.25, -0.2) is 4.98 Å². The maximum absolute atomic E-state index is 12.4. The predicted octanol–water partition coefficient (Wildman–Crippen LogP) is 4.07. The summed E-state index contributed by atoms with van der Waals surface area (Å²) >= 11 is 0. The number of para-hydroxylation sites is 2. The van der Waals surface area contributed by atoms with Gasteiger partial charge in [0, 0.05) is 0 Å². The van der Waals surface area contributed by atoms with Crippen molar-refractivity contribution in [1.82, 2.24) is 15.3 Å². The van der Waals surface area contributed by atoms with E-state index in [1.54, 1.807) is 0 Å². The third kappa shape index (κ3) is 4.04. The van der Waals surface area contributed by atoms with E-state index in [2.05, 4.69) is 29.1 Å². The largest absolute Gasteiger partial charge is 0.483 e. The molecule has 0 aliphatic rings. The van der Waals surface area contributed by atoms with Crippen LogP contribution in [-0.4, -0.2) is 22.5 Å². The van der Waals surface area contributed by atoms with Crippen LogP contribution in [0.4, 0.5) is 0 Å². The number of H-pyrrole nitrogens is 1. The molecule has 2 N–H and O–H groups in total. The standard InChI is InChI=1S/C21H25N3O2/c1-13(2)20(21-22-16-7-5-6-8-17(16)23-21)24-19(25)12-26-18-11-14(3)9-10-15(18)4/h5-11,13,20H,12H2,1-4H3,(H,22,23)(H,24,25)/t20-/m0/s1. The van der Waals surface area contributed by atoms with Crippen molar-refractivity contribution < 1.29 is 9.53 Å². The van der Waals surface area contributed by atoms with E-state index in [1.165, 1.54) is 0 Å². The van der Waals surface area contributed by atoms with Gasteiger partial charge < -0.3 is 15.0 Å². The van der Waals surface area contributed by atoms with Gasteiger partial charge in [0.15, 0.2) is 6.61 Å². The molecule has 5 nitrogen and oxygen atoms in total. The first kappa shape index (κ1) is 18.0. The SMILES string of the molecule is Cc1ccc(C)c(OCC(=O)N[C@H](c2nc3ccccc3[nH]2)C(C)C)c1. The number of carbonyl (C=O) groups excluding carboxylic acids is 1. The summed E-state index contributed by atoms with van der Waals surface area (Å²) in [5.41, 5.74) is 3.98. The molecule has 0 aliphatic heterocycles. The van der Waals surface area contributed by atoms with E-state index in [4.69, 9.17) is 4.74 Å². The van der Waals surface area contributed by atoms with Crippen LogP contribution in [0.15, 0.2) is 42.5 Å². The molecule has 1 amide bonds. The molecule has 2 aromatic carbocycles. The minimum Gasteiger partial charge on any atom is -0.483 e. The number of nitrogens with one attached hydrogen (secondary N) is 2. The van der Waals surface area contributed by atoms with E-state index in [0.29, 0.717) is 0 Å². The van der Waals surface area contributed by atoms with E-state index in [1.807, 2.05) is 56.3 Å². The highest BCUT2D eigenvalue weighted by molar-refractivity contribution is 5.78. The summed E-state index contributed by atoms with van der Waals surface area (Å²) in [5, 5.41) is 3.04. The average molecular weight is 351 g/mol. The fourth-order valence-corrected chi connectivity index (χ4v) is 2.89. The van der Waals surface area contributed by atoms with Crippen LogP contribution in [0, 0.1) is 19.8 Å². The van der Waals surface area contributed by atoms with Gasteiger partial charge in [-0.2, -0.15) is 0 Å². The third-order valence-corrected chi connectivity index (χ3v) is 4.39. The van der Waals surface area contributed by atoms with Gasteiger partial charge in [-0.1, -0.05) is 38.1 Å². The van der Waals surface area contributed by atoms with E-state index < -0.39 is 0 Å². The van der Waals surface area contributed by atoms with E-state index in [9.17, 15) is 4.79 Å². The van der Waals surface area contributed by atoms with Crippen molar-refractivity contribution in [1.29, 1.82) is 0 Å². The Morgan fingerprint density at radius 2 is 1.96 bits per heavy atom. The van der Waals surface area contributed by atoms with E-state index >= 15 is 0 Å². The number of rotatable bonds is 6. The number of imidazole rings is 1. The van der Waals surface area contributed by atoms with Crippen LogP contribution in [-0.2, 0) is 4.79 Å². The summed E-state index contributed by atoms with van der Waals surface area (Å²) in [5.74, 6) is 1.54. The summed E-state index contributed by atoms with van der Waals surface area (Å²) < 4.78 is 5.71. The van der Waals surface area contributed by atoms with Crippen molar-refractivity contribution in [2.24, 2.45) is 5.92 Å². The second-order valence-corrected chi connectivity index (χ2v) is 6.99. The quantitative estimate of drug-likeness (QED) is 0.703. The number of amides is 1. The van der Waals surface area contributed by atoms with Crippen LogP contribution in [0.1, 0.15) is 36.8 Å². The lowest BCUT2D eigenvalue weighted by molar-refractivity contribution is -0.124. The predicted molar refractivity (Wildman–Crippen MR) is 103 cm³/mol. The van der Waals surface area contributed by atoms with Gasteiger partial charge in [0.25, 0.3) is 5.91 Å². The lowest BCUT2D eigenvalue weighted by Crippen LogP contribution is -2.35. The summed E-state index contributed by atoms with van der Waals surface area (Å²) in [6.45, 7) is 8.07. The molecule has 0 saturated heterocycles. The molecule has 136 valence electrons. The van der Waals surface area contributed by atoms with Crippen molar-refractivity contribution in [3.8, 4) is 5.75 Å². The van der Waals surface area contributed by atoms with Crippen molar-refractivity contribution in [2.45, 2.75) is 33.7 Å². The van der Waals surface area contributed by atoms with Crippen molar-refractivity contribution in [3.05, 3.63) is 59.4 Å². The van der Waals surface area contributed by atoms with Crippen molar-refractivity contribution in [2.75, 3.05) is 6.61 Å². The van der Waals surface area contributed by atoms with Crippen LogP contribution in [0.2, 0.25) is 0 Å². The molecular weight excluding hydrogens is 326 g/mol. The summed E-state index contributed by atoms with van der Waals surface area (Å²) in [7, 11) is 0. The molecule has 0 unspecified atom stereocenters. The molecular formula is C21H25N3O2. The molecule has 1 heterocycles. The first-order valence-electron chi connectivity index (χ1n) is 8.88. The molecule has 3 rings (SSSR count). The van der Waals surface area contributed by atoms with Crippen molar-refractivity contribution >= 4 is 16.9 Å². The Bertz CT molecular complexity index is 882. The molecule has 3 aromatic rings. The van der Waals surface area contributed by atoms with Crippen LogP contribution in [0.25, 0.3) is 11.0 Å². The number of fused-ring (bicyclic) bond motifs is 1. The Morgan fingerprint density at radius 3 is 2.69 bits per heavy atom. The van der Waals surface area contributed by atoms with Crippen molar-refractivity contribution in [3.63, 3.8) is 0 Å². The number of hydrogen-bond donors (Lipinski definition) is 2. The highest BCUT2D eigenvalue weighted by Crippen LogP contribution is 2.22. The second-order valence-electron chi connectivity index (χ2n) is 6.99. The maximum atomic E-state index is 12.4. The summed E-state index contributed by atoms with van der Waals surface area (Å²) in [6.07, 6.45) is 0.